The van der Waals surface area contributed by atoms with Gasteiger partial charge in [-0.2, -0.15) is 0 Å². The van der Waals surface area contributed by atoms with E-state index >= 15 is 0 Å². The van der Waals surface area contributed by atoms with Crippen molar-refractivity contribution in [2.45, 2.75) is 12.3 Å². The summed E-state index contributed by atoms with van der Waals surface area (Å²) in [6.07, 6.45) is 2.53. The Morgan fingerprint density at radius 1 is 1.19 bits per heavy atom. The lowest BCUT2D eigenvalue weighted by atomic mass is 9.93. The summed E-state index contributed by atoms with van der Waals surface area (Å²) in [7, 11) is 0. The highest BCUT2D eigenvalue weighted by Crippen LogP contribution is 2.32. The van der Waals surface area contributed by atoms with E-state index < -0.39 is 0 Å². The highest BCUT2D eigenvalue weighted by Gasteiger charge is 2.29. The van der Waals surface area contributed by atoms with Gasteiger partial charge in [-0.3, -0.25) is 4.79 Å². The molecule has 3 rings (SSSR count). The molecule has 1 aromatic heterocycles. The number of benzene rings is 1. The lowest BCUT2D eigenvalue weighted by Gasteiger charge is -2.22. The number of H-pyrrole nitrogens is 1. The Labute approximate surface area is 93.1 Å². The van der Waals surface area contributed by atoms with Crippen molar-refractivity contribution in [3.63, 3.8) is 0 Å². The second kappa shape index (κ2) is 3.52. The number of ether oxygens (including phenoxy) is 1. The maximum Gasteiger partial charge on any atom is 0.320 e. The van der Waals surface area contributed by atoms with Gasteiger partial charge in [0, 0.05) is 11.9 Å². The van der Waals surface area contributed by atoms with Crippen LogP contribution in [-0.4, -0.2) is 11.0 Å². The Morgan fingerprint density at radius 2 is 2.06 bits per heavy atom. The lowest BCUT2D eigenvalue weighted by molar-refractivity contribution is -0.137. The first kappa shape index (κ1) is 9.21. The predicted octanol–water partition coefficient (Wildman–Crippen LogP) is 2.26. The van der Waals surface area contributed by atoms with Crippen LogP contribution in [0.15, 0.2) is 42.6 Å². The van der Waals surface area contributed by atoms with Crippen molar-refractivity contribution in [3.05, 3.63) is 53.9 Å². The number of rotatable bonds is 1. The largest absolute Gasteiger partial charge is 0.426 e. The van der Waals surface area contributed by atoms with Crippen LogP contribution in [0.2, 0.25) is 0 Å². The zero-order chi connectivity index (χ0) is 11.0. The van der Waals surface area contributed by atoms with Crippen LogP contribution in [0, 0.1) is 0 Å². The Balaban J connectivity index is 1.98. The highest BCUT2D eigenvalue weighted by molar-refractivity contribution is 5.82. The summed E-state index contributed by atoms with van der Waals surface area (Å²) in [6.45, 7) is 0. The zero-order valence-electron chi connectivity index (χ0n) is 8.64. The third kappa shape index (κ3) is 1.41. The van der Waals surface area contributed by atoms with Gasteiger partial charge in [-0.25, -0.2) is 0 Å². The van der Waals surface area contributed by atoms with Crippen molar-refractivity contribution in [1.82, 2.24) is 4.98 Å². The van der Waals surface area contributed by atoms with Gasteiger partial charge in [0.05, 0.1) is 0 Å². The first-order valence-corrected chi connectivity index (χ1v) is 5.27. The molecule has 1 aliphatic heterocycles. The number of para-hydroxylation sites is 1. The average molecular weight is 213 g/mol. The molecular formula is C13H11NO2. The van der Waals surface area contributed by atoms with Gasteiger partial charge in [0.1, 0.15) is 11.7 Å². The van der Waals surface area contributed by atoms with E-state index in [0.29, 0.717) is 12.2 Å². The molecule has 0 fully saturated rings. The van der Waals surface area contributed by atoms with Crippen molar-refractivity contribution >= 4 is 5.97 Å². The molecular weight excluding hydrogens is 202 g/mol. The van der Waals surface area contributed by atoms with Gasteiger partial charge in [-0.15, -0.1) is 0 Å². The van der Waals surface area contributed by atoms with E-state index in [0.717, 1.165) is 11.3 Å². The molecule has 0 saturated heterocycles. The maximum absolute atomic E-state index is 11.8. The third-order valence-corrected chi connectivity index (χ3v) is 2.89. The molecule has 1 aliphatic rings. The van der Waals surface area contributed by atoms with Gasteiger partial charge >= 0.3 is 5.97 Å². The Morgan fingerprint density at radius 3 is 2.88 bits per heavy atom. The molecule has 0 aliphatic carbocycles. The first-order chi connectivity index (χ1) is 7.84. The molecule has 2 aromatic rings. The fourth-order valence-corrected chi connectivity index (χ4v) is 2.05. The van der Waals surface area contributed by atoms with Crippen LogP contribution in [0.5, 0.6) is 5.75 Å². The van der Waals surface area contributed by atoms with E-state index in [-0.39, 0.29) is 11.9 Å². The molecule has 3 heteroatoms. The van der Waals surface area contributed by atoms with Crippen LogP contribution in [-0.2, 0) is 11.2 Å². The highest BCUT2D eigenvalue weighted by atomic mass is 16.5. The molecule has 0 radical (unpaired) electrons. The third-order valence-electron chi connectivity index (χ3n) is 2.89. The number of aromatic amines is 1. The quantitative estimate of drug-likeness (QED) is 0.583. The van der Waals surface area contributed by atoms with Crippen LogP contribution >= 0.6 is 0 Å². The van der Waals surface area contributed by atoms with E-state index in [4.69, 9.17) is 4.74 Å². The van der Waals surface area contributed by atoms with Crippen molar-refractivity contribution < 1.29 is 9.53 Å². The number of carbonyl (C=O) groups is 1. The summed E-state index contributed by atoms with van der Waals surface area (Å²) in [5.41, 5.74) is 2.00. The molecule has 0 bridgehead atoms. The predicted molar refractivity (Wildman–Crippen MR) is 59.3 cm³/mol. The summed E-state index contributed by atoms with van der Waals surface area (Å²) >= 11 is 0. The number of hydrogen-bond acceptors (Lipinski definition) is 2. The number of hydrogen-bond donors (Lipinski definition) is 1. The SMILES string of the molecule is O=C1Oc2ccccc2CC1c1ccc[nH]1. The van der Waals surface area contributed by atoms with E-state index in [1.165, 1.54) is 0 Å². The van der Waals surface area contributed by atoms with Gasteiger partial charge in [0.25, 0.3) is 0 Å². The summed E-state index contributed by atoms with van der Waals surface area (Å²) in [6, 6.07) is 11.5. The monoisotopic (exact) mass is 213 g/mol. The zero-order valence-corrected chi connectivity index (χ0v) is 8.64. The van der Waals surface area contributed by atoms with E-state index in [9.17, 15) is 4.79 Å². The molecule has 80 valence electrons. The van der Waals surface area contributed by atoms with Gasteiger partial charge in [-0.05, 0) is 30.2 Å². The maximum atomic E-state index is 11.8. The fourth-order valence-electron chi connectivity index (χ4n) is 2.05. The smallest absolute Gasteiger partial charge is 0.320 e. The van der Waals surface area contributed by atoms with Gasteiger partial charge in [0.2, 0.25) is 0 Å². The normalized spacial score (nSPS) is 19.0. The molecule has 0 amide bonds. The summed E-state index contributed by atoms with van der Waals surface area (Å²) in [4.78, 5) is 14.9. The minimum absolute atomic E-state index is 0.179. The topological polar surface area (TPSA) is 42.1 Å². The number of fused-ring (bicyclic) bond motifs is 1. The van der Waals surface area contributed by atoms with Gasteiger partial charge < -0.3 is 9.72 Å². The Bertz CT molecular complexity index is 516. The molecule has 1 aromatic carbocycles. The molecule has 3 nitrogen and oxygen atoms in total. The molecule has 1 N–H and O–H groups in total. The molecule has 0 saturated carbocycles. The van der Waals surface area contributed by atoms with Crippen LogP contribution in [0.4, 0.5) is 0 Å². The number of aromatic nitrogens is 1. The average Bonchev–Trinajstić information content (AvgIpc) is 2.81. The summed E-state index contributed by atoms with van der Waals surface area (Å²) in [5.74, 6) is 0.307. The molecule has 1 atom stereocenters. The van der Waals surface area contributed by atoms with Crippen LogP contribution < -0.4 is 4.74 Å². The van der Waals surface area contributed by atoms with Crippen molar-refractivity contribution in [2.75, 3.05) is 0 Å². The van der Waals surface area contributed by atoms with Gasteiger partial charge in [-0.1, -0.05) is 18.2 Å². The number of esters is 1. The number of carbonyl (C=O) groups excluding carboxylic acids is 1. The summed E-state index contributed by atoms with van der Waals surface area (Å²) < 4.78 is 5.31. The Hall–Kier alpha value is -2.03. The van der Waals surface area contributed by atoms with E-state index in [1.807, 2.05) is 42.6 Å². The van der Waals surface area contributed by atoms with Crippen LogP contribution in [0.1, 0.15) is 17.2 Å². The molecule has 16 heavy (non-hydrogen) atoms. The van der Waals surface area contributed by atoms with Crippen molar-refractivity contribution in [1.29, 1.82) is 0 Å². The minimum atomic E-state index is -0.204. The molecule has 0 spiro atoms. The molecule has 2 heterocycles. The summed E-state index contributed by atoms with van der Waals surface area (Å²) in [5, 5.41) is 0. The van der Waals surface area contributed by atoms with Crippen LogP contribution in [0.3, 0.4) is 0 Å². The van der Waals surface area contributed by atoms with Crippen molar-refractivity contribution in [3.8, 4) is 5.75 Å². The van der Waals surface area contributed by atoms with Crippen molar-refractivity contribution in [2.24, 2.45) is 0 Å². The van der Waals surface area contributed by atoms with E-state index in [2.05, 4.69) is 4.98 Å². The molecule has 1 unspecified atom stereocenters. The van der Waals surface area contributed by atoms with E-state index in [1.54, 1.807) is 0 Å². The second-order valence-electron chi connectivity index (χ2n) is 3.91. The second-order valence-corrected chi connectivity index (χ2v) is 3.91. The lowest BCUT2D eigenvalue weighted by Crippen LogP contribution is -2.26. The van der Waals surface area contributed by atoms with Gasteiger partial charge in [0.15, 0.2) is 0 Å². The minimum Gasteiger partial charge on any atom is -0.426 e. The Kier molecular flexibility index (Phi) is 2.03. The first-order valence-electron chi connectivity index (χ1n) is 5.27. The number of nitrogens with one attached hydrogen (secondary N) is 1. The fraction of sp³-hybridized carbons (Fsp3) is 0.154. The van der Waals surface area contributed by atoms with Crippen LogP contribution in [0.25, 0.3) is 0 Å². The standard InChI is InChI=1S/C13H11NO2/c15-13-10(11-5-3-7-14-11)8-9-4-1-2-6-12(9)16-13/h1-7,10,14H,8H2.